The fourth-order valence-corrected chi connectivity index (χ4v) is 3.56. The molecule has 1 aliphatic heterocycles. The van der Waals surface area contributed by atoms with Crippen molar-refractivity contribution in [2.45, 2.75) is 31.4 Å². The van der Waals surface area contributed by atoms with E-state index in [0.717, 1.165) is 55.0 Å². The minimum atomic E-state index is -4.32. The third kappa shape index (κ3) is 5.79. The molecule has 4 nitrogen and oxygen atoms in total. The van der Waals surface area contributed by atoms with Crippen LogP contribution < -0.4 is 0 Å². The van der Waals surface area contributed by atoms with E-state index in [4.69, 9.17) is 4.98 Å². The number of likely N-dealkylation sites (tertiary alicyclic amines) is 1. The maximum atomic E-state index is 12.7. The van der Waals surface area contributed by atoms with Gasteiger partial charge in [-0.1, -0.05) is 18.2 Å². The molecule has 0 N–H and O–H groups in total. The van der Waals surface area contributed by atoms with Crippen LogP contribution in [0.1, 0.15) is 41.3 Å². The van der Waals surface area contributed by atoms with Crippen molar-refractivity contribution >= 4 is 5.91 Å². The van der Waals surface area contributed by atoms with Crippen molar-refractivity contribution in [3.63, 3.8) is 0 Å². The summed E-state index contributed by atoms with van der Waals surface area (Å²) in [4.78, 5) is 20.4. The van der Waals surface area contributed by atoms with Gasteiger partial charge in [-0.05, 0) is 55.8 Å². The summed E-state index contributed by atoms with van der Waals surface area (Å²) in [6, 6.07) is 11.1. The van der Waals surface area contributed by atoms with Gasteiger partial charge in [0, 0.05) is 37.8 Å². The molecule has 1 amide bonds. The van der Waals surface area contributed by atoms with E-state index in [0.29, 0.717) is 18.9 Å². The van der Waals surface area contributed by atoms with Crippen LogP contribution >= 0.6 is 0 Å². The lowest BCUT2D eigenvalue weighted by atomic mass is 9.92. The summed E-state index contributed by atoms with van der Waals surface area (Å²) >= 11 is 0. The van der Waals surface area contributed by atoms with Crippen LogP contribution in [-0.4, -0.2) is 54.4 Å². The van der Waals surface area contributed by atoms with Crippen molar-refractivity contribution in [1.29, 1.82) is 0 Å². The van der Waals surface area contributed by atoms with Crippen LogP contribution in [-0.2, 0) is 17.4 Å². The first-order valence-corrected chi connectivity index (χ1v) is 9.77. The Kier molecular flexibility index (Phi) is 6.57. The topological polar surface area (TPSA) is 36.4 Å². The Morgan fingerprint density at radius 2 is 1.76 bits per heavy atom. The van der Waals surface area contributed by atoms with Crippen molar-refractivity contribution in [2.24, 2.45) is 0 Å². The van der Waals surface area contributed by atoms with Crippen molar-refractivity contribution < 1.29 is 18.0 Å². The first-order chi connectivity index (χ1) is 13.7. The lowest BCUT2D eigenvalue weighted by Crippen LogP contribution is -2.40. The molecule has 156 valence electrons. The van der Waals surface area contributed by atoms with Gasteiger partial charge in [0.2, 0.25) is 5.91 Å². The van der Waals surface area contributed by atoms with Crippen molar-refractivity contribution in [1.82, 2.24) is 14.8 Å². The molecule has 0 bridgehead atoms. The summed E-state index contributed by atoms with van der Waals surface area (Å²) in [5.41, 5.74) is 2.04. The number of hydrogen-bond acceptors (Lipinski definition) is 3. The number of amides is 1. The number of carbonyl (C=O) groups is 1. The van der Waals surface area contributed by atoms with Gasteiger partial charge in [0.25, 0.3) is 0 Å². The van der Waals surface area contributed by atoms with E-state index in [1.165, 1.54) is 12.1 Å². The molecule has 0 radical (unpaired) electrons. The summed E-state index contributed by atoms with van der Waals surface area (Å²) in [6.07, 6.45) is -1.93. The average Bonchev–Trinajstić information content (AvgIpc) is 2.68. The van der Waals surface area contributed by atoms with Crippen LogP contribution in [0, 0.1) is 0 Å². The number of likely N-dealkylation sites (N-methyl/N-ethyl adjacent to an activating group) is 1. The van der Waals surface area contributed by atoms with E-state index in [2.05, 4.69) is 4.90 Å². The molecule has 29 heavy (non-hydrogen) atoms. The quantitative estimate of drug-likeness (QED) is 0.756. The van der Waals surface area contributed by atoms with E-state index in [-0.39, 0.29) is 5.91 Å². The Bertz CT molecular complexity index is 826. The molecule has 1 aliphatic rings. The summed E-state index contributed by atoms with van der Waals surface area (Å²) in [7, 11) is 3.53. The molecular weight excluding hydrogens is 379 g/mol. The highest BCUT2D eigenvalue weighted by Crippen LogP contribution is 2.30. The highest BCUT2D eigenvalue weighted by Gasteiger charge is 2.30. The second-order valence-electron chi connectivity index (χ2n) is 7.76. The Morgan fingerprint density at radius 3 is 2.34 bits per heavy atom. The molecule has 2 heterocycles. The van der Waals surface area contributed by atoms with Crippen LogP contribution in [0.2, 0.25) is 0 Å². The summed E-state index contributed by atoms with van der Waals surface area (Å²) in [6.45, 7) is 2.16. The number of aromatic nitrogens is 1. The molecule has 7 heteroatoms. The summed E-state index contributed by atoms with van der Waals surface area (Å²) in [5, 5.41) is 0. The average molecular weight is 405 g/mol. The van der Waals surface area contributed by atoms with Crippen LogP contribution in [0.25, 0.3) is 0 Å². The van der Waals surface area contributed by atoms with Gasteiger partial charge in [0.05, 0.1) is 12.1 Å². The number of hydrogen-bond donors (Lipinski definition) is 0. The maximum Gasteiger partial charge on any atom is 0.416 e. The zero-order chi connectivity index (χ0) is 21.0. The first-order valence-electron chi connectivity index (χ1n) is 9.77. The van der Waals surface area contributed by atoms with Gasteiger partial charge >= 0.3 is 6.18 Å². The number of alkyl halides is 3. The minimum Gasteiger partial charge on any atom is -0.348 e. The predicted molar refractivity (Wildman–Crippen MR) is 106 cm³/mol. The number of carbonyl (C=O) groups excluding carboxylic acids is 1. The smallest absolute Gasteiger partial charge is 0.348 e. The van der Waals surface area contributed by atoms with Gasteiger partial charge in [-0.3, -0.25) is 14.7 Å². The molecule has 1 fully saturated rings. The summed E-state index contributed by atoms with van der Waals surface area (Å²) in [5.74, 6) is 0.452. The third-order valence-electron chi connectivity index (χ3n) is 5.36. The molecule has 1 aromatic heterocycles. The molecule has 1 aromatic carbocycles. The highest BCUT2D eigenvalue weighted by molar-refractivity contribution is 5.77. The lowest BCUT2D eigenvalue weighted by molar-refractivity contribution is -0.137. The Hall–Kier alpha value is -2.41. The number of halogens is 3. The highest BCUT2D eigenvalue weighted by atomic mass is 19.4. The van der Waals surface area contributed by atoms with E-state index in [1.807, 2.05) is 18.2 Å². The second-order valence-corrected chi connectivity index (χ2v) is 7.76. The standard InChI is InChI=1S/C22H26F3N3O/c1-27(2)21(29)15-28-12-10-17(11-13-28)20-5-3-4-19(26-20)14-16-6-8-18(9-7-16)22(23,24)25/h3-9,17H,10-15H2,1-2H3. The van der Waals surface area contributed by atoms with Gasteiger partial charge in [0.1, 0.15) is 0 Å². The lowest BCUT2D eigenvalue weighted by Gasteiger charge is -2.31. The van der Waals surface area contributed by atoms with Crippen LogP contribution in [0.3, 0.4) is 0 Å². The monoisotopic (exact) mass is 405 g/mol. The number of piperidine rings is 1. The zero-order valence-electron chi connectivity index (χ0n) is 16.7. The number of pyridine rings is 1. The normalized spacial score (nSPS) is 16.0. The van der Waals surface area contributed by atoms with Gasteiger partial charge in [-0.15, -0.1) is 0 Å². The van der Waals surface area contributed by atoms with Crippen LogP contribution in [0.15, 0.2) is 42.5 Å². The number of nitrogens with zero attached hydrogens (tertiary/aromatic N) is 3. The van der Waals surface area contributed by atoms with E-state index in [9.17, 15) is 18.0 Å². The van der Waals surface area contributed by atoms with Gasteiger partial charge < -0.3 is 4.90 Å². The predicted octanol–water partition coefficient (Wildman–Crippen LogP) is 3.96. The van der Waals surface area contributed by atoms with Gasteiger partial charge in [0.15, 0.2) is 0 Å². The summed E-state index contributed by atoms with van der Waals surface area (Å²) < 4.78 is 38.1. The first kappa shape index (κ1) is 21.3. The Labute approximate surface area is 169 Å². The molecule has 0 saturated carbocycles. The third-order valence-corrected chi connectivity index (χ3v) is 5.36. The van der Waals surface area contributed by atoms with E-state index in [1.54, 1.807) is 19.0 Å². The zero-order valence-corrected chi connectivity index (χ0v) is 16.7. The molecule has 0 unspecified atom stereocenters. The van der Waals surface area contributed by atoms with E-state index < -0.39 is 11.7 Å². The van der Waals surface area contributed by atoms with Crippen molar-refractivity contribution in [3.8, 4) is 0 Å². The Morgan fingerprint density at radius 1 is 1.10 bits per heavy atom. The fourth-order valence-electron chi connectivity index (χ4n) is 3.56. The molecule has 0 atom stereocenters. The number of rotatable bonds is 5. The maximum absolute atomic E-state index is 12.7. The van der Waals surface area contributed by atoms with Crippen molar-refractivity contribution in [3.05, 3.63) is 65.0 Å². The SMILES string of the molecule is CN(C)C(=O)CN1CCC(c2cccc(Cc3ccc(C(F)(F)F)cc3)n2)CC1. The van der Waals surface area contributed by atoms with Gasteiger partial charge in [-0.25, -0.2) is 0 Å². The largest absolute Gasteiger partial charge is 0.416 e. The molecular formula is C22H26F3N3O. The minimum absolute atomic E-state index is 0.111. The molecule has 2 aromatic rings. The van der Waals surface area contributed by atoms with Gasteiger partial charge in [-0.2, -0.15) is 13.2 Å². The molecule has 0 aliphatic carbocycles. The fraction of sp³-hybridized carbons (Fsp3) is 0.455. The molecule has 0 spiro atoms. The Balaban J connectivity index is 1.60. The van der Waals surface area contributed by atoms with Crippen LogP contribution in [0.5, 0.6) is 0 Å². The van der Waals surface area contributed by atoms with E-state index >= 15 is 0 Å². The second kappa shape index (κ2) is 8.95. The van der Waals surface area contributed by atoms with Crippen molar-refractivity contribution in [2.75, 3.05) is 33.7 Å². The van der Waals surface area contributed by atoms with Crippen LogP contribution in [0.4, 0.5) is 13.2 Å². The number of benzene rings is 1. The molecule has 1 saturated heterocycles. The molecule has 3 rings (SSSR count).